The fraction of sp³-hybridized carbons (Fsp3) is 0.310. The number of benzene rings is 1. The maximum absolute atomic E-state index is 14.7. The van der Waals surface area contributed by atoms with Crippen LogP contribution >= 0.6 is 0 Å². The molecule has 4 aromatic heterocycles. The van der Waals surface area contributed by atoms with Crippen molar-refractivity contribution in [2.45, 2.75) is 19.3 Å². The van der Waals surface area contributed by atoms with Crippen LogP contribution in [0.4, 0.5) is 4.39 Å². The second-order valence-electron chi connectivity index (χ2n) is 10.1. The zero-order valence-electron chi connectivity index (χ0n) is 21.5. The topological polar surface area (TPSA) is 108 Å². The van der Waals surface area contributed by atoms with Gasteiger partial charge in [0.2, 0.25) is 0 Å². The number of nitrogens with one attached hydrogen (secondary N) is 3. The van der Waals surface area contributed by atoms with Gasteiger partial charge in [0.05, 0.1) is 28.4 Å². The molecule has 39 heavy (non-hydrogen) atoms. The summed E-state index contributed by atoms with van der Waals surface area (Å²) in [5.74, 6) is 0.714. The van der Waals surface area contributed by atoms with Crippen molar-refractivity contribution >= 4 is 27.6 Å². The molecule has 0 saturated carbocycles. The van der Waals surface area contributed by atoms with Crippen molar-refractivity contribution in [3.05, 3.63) is 60.3 Å². The van der Waals surface area contributed by atoms with Gasteiger partial charge in [0, 0.05) is 30.9 Å². The zero-order chi connectivity index (χ0) is 26.2. The highest BCUT2D eigenvalue weighted by Gasteiger charge is 2.19. The Balaban J connectivity index is 1.22. The first-order valence-electron chi connectivity index (χ1n) is 13.5. The van der Waals surface area contributed by atoms with E-state index < -0.39 is 0 Å². The summed E-state index contributed by atoms with van der Waals surface area (Å²) in [4.78, 5) is 19.9. The van der Waals surface area contributed by atoms with Crippen LogP contribution in [-0.4, -0.2) is 74.4 Å². The quantitative estimate of drug-likeness (QED) is 0.287. The van der Waals surface area contributed by atoms with Gasteiger partial charge in [-0.25, -0.2) is 14.4 Å². The summed E-state index contributed by atoms with van der Waals surface area (Å²) in [7, 11) is 0. The SMILES string of the molecule is Fc1cc(OCCN2CCCC2)cc(-c2cncc3[nH]c(-c4n[nH]c5ccc(C6=CCNCC6)nc45)nc23)c1. The van der Waals surface area contributed by atoms with Gasteiger partial charge in [-0.1, -0.05) is 6.08 Å². The van der Waals surface area contributed by atoms with E-state index >= 15 is 0 Å². The number of imidazole rings is 1. The number of pyridine rings is 2. The van der Waals surface area contributed by atoms with Crippen molar-refractivity contribution in [1.82, 2.24) is 40.3 Å². The Morgan fingerprint density at radius 2 is 1.92 bits per heavy atom. The number of hydrogen-bond donors (Lipinski definition) is 3. The number of aromatic nitrogens is 6. The maximum Gasteiger partial charge on any atom is 0.161 e. The van der Waals surface area contributed by atoms with Crippen LogP contribution < -0.4 is 10.1 Å². The number of hydrogen-bond acceptors (Lipinski definition) is 7. The Hall–Kier alpha value is -4.15. The molecule has 2 aliphatic rings. The third kappa shape index (κ3) is 4.77. The van der Waals surface area contributed by atoms with Crippen molar-refractivity contribution in [3.8, 4) is 28.4 Å². The van der Waals surface area contributed by atoms with Gasteiger partial charge in [-0.2, -0.15) is 5.10 Å². The number of halogens is 1. The van der Waals surface area contributed by atoms with Crippen LogP contribution in [0.1, 0.15) is 25.0 Å². The summed E-state index contributed by atoms with van der Waals surface area (Å²) in [6.45, 7) is 5.35. The van der Waals surface area contributed by atoms with E-state index in [1.807, 2.05) is 18.2 Å². The monoisotopic (exact) mass is 524 g/mol. The lowest BCUT2D eigenvalue weighted by molar-refractivity contribution is 0.237. The number of aromatic amines is 2. The molecule has 6 heterocycles. The van der Waals surface area contributed by atoms with Gasteiger partial charge < -0.3 is 15.0 Å². The van der Waals surface area contributed by atoms with Crippen LogP contribution in [0.5, 0.6) is 5.75 Å². The minimum Gasteiger partial charge on any atom is -0.492 e. The van der Waals surface area contributed by atoms with Crippen LogP contribution in [0.25, 0.3) is 50.3 Å². The number of fused-ring (bicyclic) bond motifs is 2. The normalized spacial score (nSPS) is 16.3. The maximum atomic E-state index is 14.7. The summed E-state index contributed by atoms with van der Waals surface area (Å²) in [5, 5.41) is 10.9. The van der Waals surface area contributed by atoms with E-state index in [1.54, 1.807) is 12.4 Å². The first-order valence-corrected chi connectivity index (χ1v) is 13.5. The van der Waals surface area contributed by atoms with E-state index in [9.17, 15) is 4.39 Å². The van der Waals surface area contributed by atoms with E-state index in [4.69, 9.17) is 14.7 Å². The van der Waals surface area contributed by atoms with Gasteiger partial charge in [0.25, 0.3) is 0 Å². The molecule has 1 saturated heterocycles. The molecule has 3 N–H and O–H groups in total. The van der Waals surface area contributed by atoms with Gasteiger partial charge in [-0.05, 0) is 74.3 Å². The highest BCUT2D eigenvalue weighted by Crippen LogP contribution is 2.33. The second-order valence-corrected chi connectivity index (χ2v) is 10.1. The molecule has 0 unspecified atom stereocenters. The fourth-order valence-electron chi connectivity index (χ4n) is 5.45. The van der Waals surface area contributed by atoms with Crippen LogP contribution in [0.15, 0.2) is 48.8 Å². The lowest BCUT2D eigenvalue weighted by Crippen LogP contribution is -2.25. The number of likely N-dealkylation sites (tertiary alicyclic amines) is 1. The van der Waals surface area contributed by atoms with Gasteiger partial charge in [-0.3, -0.25) is 15.0 Å². The number of H-pyrrole nitrogens is 2. The van der Waals surface area contributed by atoms with Crippen molar-refractivity contribution in [3.63, 3.8) is 0 Å². The molecular formula is C29H29FN8O. The van der Waals surface area contributed by atoms with Crippen LogP contribution in [-0.2, 0) is 0 Å². The van der Waals surface area contributed by atoms with Gasteiger partial charge in [0.1, 0.15) is 23.7 Å². The third-order valence-corrected chi connectivity index (χ3v) is 7.48. The molecule has 0 aliphatic carbocycles. The molecular weight excluding hydrogens is 495 g/mol. The Morgan fingerprint density at radius 3 is 2.79 bits per heavy atom. The van der Waals surface area contributed by atoms with Gasteiger partial charge in [-0.15, -0.1) is 0 Å². The third-order valence-electron chi connectivity index (χ3n) is 7.48. The zero-order valence-corrected chi connectivity index (χ0v) is 21.5. The predicted octanol–water partition coefficient (Wildman–Crippen LogP) is 4.55. The molecule has 5 aromatic rings. The van der Waals surface area contributed by atoms with Gasteiger partial charge in [0.15, 0.2) is 11.5 Å². The number of nitrogens with zero attached hydrogens (tertiary/aromatic N) is 5. The molecule has 9 nitrogen and oxygen atoms in total. The predicted molar refractivity (Wildman–Crippen MR) is 149 cm³/mol. The van der Waals surface area contributed by atoms with E-state index in [-0.39, 0.29) is 5.82 Å². The highest BCUT2D eigenvalue weighted by atomic mass is 19.1. The minimum atomic E-state index is -0.362. The van der Waals surface area contributed by atoms with Crippen molar-refractivity contribution in [2.24, 2.45) is 0 Å². The second kappa shape index (κ2) is 10.2. The summed E-state index contributed by atoms with van der Waals surface area (Å²) < 4.78 is 20.6. The lowest BCUT2D eigenvalue weighted by atomic mass is 10.1. The highest BCUT2D eigenvalue weighted by molar-refractivity contribution is 5.95. The Labute approximate surface area is 224 Å². The van der Waals surface area contributed by atoms with E-state index in [2.05, 4.69) is 36.5 Å². The molecule has 0 atom stereocenters. The molecule has 2 aliphatic heterocycles. The van der Waals surface area contributed by atoms with Crippen molar-refractivity contribution in [1.29, 1.82) is 0 Å². The first kappa shape index (κ1) is 23.9. The molecule has 0 radical (unpaired) electrons. The van der Waals surface area contributed by atoms with E-state index in [1.165, 1.54) is 30.5 Å². The molecule has 10 heteroatoms. The first-order chi connectivity index (χ1) is 19.2. The van der Waals surface area contributed by atoms with E-state index in [0.717, 1.165) is 61.4 Å². The molecule has 0 spiro atoms. The van der Waals surface area contributed by atoms with Crippen molar-refractivity contribution < 1.29 is 9.13 Å². The van der Waals surface area contributed by atoms with Crippen molar-refractivity contribution in [2.75, 3.05) is 39.3 Å². The minimum absolute atomic E-state index is 0.362. The molecule has 7 rings (SSSR count). The van der Waals surface area contributed by atoms with E-state index in [0.29, 0.717) is 40.5 Å². The molecule has 1 fully saturated rings. The summed E-state index contributed by atoms with van der Waals surface area (Å²) in [6, 6.07) is 8.79. The Kier molecular flexibility index (Phi) is 6.26. The average Bonchev–Trinajstić information content (AvgIpc) is 3.72. The number of ether oxygens (including phenoxy) is 1. The van der Waals surface area contributed by atoms with Gasteiger partial charge >= 0.3 is 0 Å². The largest absolute Gasteiger partial charge is 0.492 e. The lowest BCUT2D eigenvalue weighted by Gasteiger charge is -2.15. The molecule has 0 amide bonds. The summed E-state index contributed by atoms with van der Waals surface area (Å²) in [6.07, 6.45) is 9.00. The Morgan fingerprint density at radius 1 is 1.00 bits per heavy atom. The van der Waals surface area contributed by atoms with Crippen LogP contribution in [0.2, 0.25) is 0 Å². The molecule has 0 bridgehead atoms. The summed E-state index contributed by atoms with van der Waals surface area (Å²) >= 11 is 0. The standard InChI is InChI=1S/C29H29FN8O/c30-20-13-19(14-21(15-20)39-12-11-38-9-1-2-10-38)22-16-32-17-25-26(22)35-29(34-25)28-27-24(36-37-28)4-3-23(33-27)18-5-7-31-8-6-18/h3-5,13-17,31H,1-2,6-12H2,(H,34,35)(H,36,37). The molecule has 198 valence electrons. The smallest absolute Gasteiger partial charge is 0.161 e. The van der Waals surface area contributed by atoms with Crippen LogP contribution in [0, 0.1) is 5.82 Å². The average molecular weight is 525 g/mol. The molecule has 1 aromatic carbocycles. The summed E-state index contributed by atoms with van der Waals surface area (Å²) in [5.41, 5.74) is 7.18. The number of rotatable bonds is 7. The van der Waals surface area contributed by atoms with Crippen LogP contribution in [0.3, 0.4) is 0 Å². The fourth-order valence-corrected chi connectivity index (χ4v) is 5.45. The Bertz CT molecular complexity index is 1680.